The molecule has 32 heavy (non-hydrogen) atoms. The van der Waals surface area contributed by atoms with Crippen molar-refractivity contribution in [3.63, 3.8) is 0 Å². The average molecular weight is 429 g/mol. The van der Waals surface area contributed by atoms with E-state index in [0.29, 0.717) is 11.4 Å². The van der Waals surface area contributed by atoms with E-state index in [9.17, 15) is 19.8 Å². The van der Waals surface area contributed by atoms with Crippen LogP contribution in [-0.2, 0) is 0 Å². The van der Waals surface area contributed by atoms with Crippen molar-refractivity contribution in [2.45, 2.75) is 0 Å². The fourth-order valence-corrected chi connectivity index (χ4v) is 2.97. The third-order valence-corrected chi connectivity index (χ3v) is 4.36. The topological polar surface area (TPSA) is 124 Å². The molecule has 0 aliphatic rings. The molecular formula is C22H17N6O4+. The quantitative estimate of drug-likeness (QED) is 0.463. The molecule has 2 heterocycles. The second-order valence-corrected chi connectivity index (χ2v) is 6.43. The fourth-order valence-electron chi connectivity index (χ4n) is 2.97. The van der Waals surface area contributed by atoms with Crippen molar-refractivity contribution in [1.82, 2.24) is 15.0 Å². The zero-order valence-corrected chi connectivity index (χ0v) is 16.6. The highest BCUT2D eigenvalue weighted by atomic mass is 16.4. The first-order valence-electron chi connectivity index (χ1n) is 9.43. The van der Waals surface area contributed by atoms with E-state index in [1.54, 1.807) is 91.3 Å². The Morgan fingerprint density at radius 3 is 1.44 bits per heavy atom. The second kappa shape index (κ2) is 8.88. The van der Waals surface area contributed by atoms with Gasteiger partial charge < -0.3 is 10.2 Å². The summed E-state index contributed by atoms with van der Waals surface area (Å²) in [5, 5.41) is 19.8. The van der Waals surface area contributed by atoms with Gasteiger partial charge in [-0.2, -0.15) is 9.80 Å². The van der Waals surface area contributed by atoms with Crippen LogP contribution in [0.15, 0.2) is 91.3 Å². The molecule has 158 valence electrons. The van der Waals surface area contributed by atoms with Crippen LogP contribution in [0.3, 0.4) is 0 Å². The first-order chi connectivity index (χ1) is 15.5. The number of nitrogens with zero attached hydrogens (tertiary/aromatic N) is 6. The summed E-state index contributed by atoms with van der Waals surface area (Å²) in [6.45, 7) is 0. The summed E-state index contributed by atoms with van der Waals surface area (Å²) >= 11 is 0. The SMILES string of the molecule is O=C(O)N(c1ccccc1)c1nc(N(C(=O)O)c2ccccc2)nc(-[n+]2ccccc2)n1. The summed E-state index contributed by atoms with van der Waals surface area (Å²) in [5.41, 5.74) is 0.588. The maximum atomic E-state index is 12.1. The summed E-state index contributed by atoms with van der Waals surface area (Å²) in [6, 6.07) is 21.8. The van der Waals surface area contributed by atoms with E-state index in [2.05, 4.69) is 15.0 Å². The Hall–Kier alpha value is -4.86. The van der Waals surface area contributed by atoms with Crippen LogP contribution in [-0.4, -0.2) is 37.4 Å². The number of rotatable bonds is 5. The second-order valence-electron chi connectivity index (χ2n) is 6.43. The third-order valence-electron chi connectivity index (χ3n) is 4.36. The van der Waals surface area contributed by atoms with Gasteiger partial charge in [0.2, 0.25) is 0 Å². The van der Waals surface area contributed by atoms with E-state index in [1.165, 1.54) is 4.57 Å². The Morgan fingerprint density at radius 1 is 0.625 bits per heavy atom. The van der Waals surface area contributed by atoms with Crippen LogP contribution in [0, 0.1) is 0 Å². The van der Waals surface area contributed by atoms with Crippen molar-refractivity contribution >= 4 is 35.5 Å². The Balaban J connectivity index is 1.94. The minimum Gasteiger partial charge on any atom is -0.464 e. The number of hydrogen-bond acceptors (Lipinski definition) is 5. The lowest BCUT2D eigenvalue weighted by Crippen LogP contribution is -2.36. The Kier molecular flexibility index (Phi) is 5.66. The minimum atomic E-state index is -1.33. The average Bonchev–Trinajstić information content (AvgIpc) is 2.81. The summed E-state index contributed by atoms with van der Waals surface area (Å²) in [6.07, 6.45) is 0.645. The summed E-state index contributed by atoms with van der Waals surface area (Å²) in [5.74, 6) is -0.445. The van der Waals surface area contributed by atoms with Gasteiger partial charge in [0.25, 0.3) is 0 Å². The molecule has 0 spiro atoms. The number of amides is 2. The molecule has 0 saturated carbocycles. The summed E-state index contributed by atoms with van der Waals surface area (Å²) < 4.78 is 1.53. The van der Waals surface area contributed by atoms with Crippen LogP contribution < -0.4 is 14.4 Å². The fraction of sp³-hybridized carbons (Fsp3) is 0. The molecule has 0 atom stereocenters. The largest absolute Gasteiger partial charge is 0.464 e. The zero-order valence-electron chi connectivity index (χ0n) is 16.6. The zero-order chi connectivity index (χ0) is 22.5. The monoisotopic (exact) mass is 429 g/mol. The molecule has 4 rings (SSSR count). The molecule has 0 radical (unpaired) electrons. The predicted octanol–water partition coefficient (Wildman–Crippen LogP) is 3.78. The smallest absolute Gasteiger partial charge is 0.444 e. The molecule has 0 aliphatic carbocycles. The van der Waals surface area contributed by atoms with Gasteiger partial charge in [0.1, 0.15) is 0 Å². The van der Waals surface area contributed by atoms with Crippen molar-refractivity contribution in [3.8, 4) is 5.95 Å². The van der Waals surface area contributed by atoms with Gasteiger partial charge in [-0.1, -0.05) is 42.5 Å². The van der Waals surface area contributed by atoms with Gasteiger partial charge >= 0.3 is 30.0 Å². The van der Waals surface area contributed by atoms with E-state index in [-0.39, 0.29) is 17.8 Å². The normalized spacial score (nSPS) is 10.4. The van der Waals surface area contributed by atoms with Crippen LogP contribution in [0.4, 0.5) is 32.9 Å². The Bertz CT molecular complexity index is 1160. The van der Waals surface area contributed by atoms with E-state index in [0.717, 1.165) is 9.80 Å². The van der Waals surface area contributed by atoms with Crippen molar-refractivity contribution < 1.29 is 24.4 Å². The van der Waals surface area contributed by atoms with Crippen molar-refractivity contribution in [1.29, 1.82) is 0 Å². The number of benzene rings is 2. The predicted molar refractivity (Wildman–Crippen MR) is 115 cm³/mol. The summed E-state index contributed by atoms with van der Waals surface area (Å²) in [4.78, 5) is 38.8. The molecular weight excluding hydrogens is 412 g/mol. The highest BCUT2D eigenvalue weighted by Crippen LogP contribution is 2.27. The van der Waals surface area contributed by atoms with Crippen LogP contribution in [0.5, 0.6) is 0 Å². The van der Waals surface area contributed by atoms with E-state index >= 15 is 0 Å². The van der Waals surface area contributed by atoms with Gasteiger partial charge in [-0.05, 0) is 46.4 Å². The van der Waals surface area contributed by atoms with Crippen LogP contribution in [0.1, 0.15) is 0 Å². The maximum Gasteiger partial charge on any atom is 0.444 e. The number of carbonyl (C=O) groups is 2. The van der Waals surface area contributed by atoms with E-state index in [1.807, 2.05) is 0 Å². The van der Waals surface area contributed by atoms with Crippen molar-refractivity contribution in [2.24, 2.45) is 0 Å². The molecule has 2 aromatic carbocycles. The standard InChI is InChI=1S/C22H16N6O4/c29-21(30)27(16-10-4-1-5-11-16)19-23-18(26-14-8-3-9-15-26)24-20(25-19)28(22(31)32)17-12-6-2-7-13-17/h1-15H,(H-,29,30,31,32)/p+1. The lowest BCUT2D eigenvalue weighted by atomic mass is 10.3. The molecule has 10 heteroatoms. The van der Waals surface area contributed by atoms with E-state index < -0.39 is 12.2 Å². The number of anilines is 4. The Labute approximate surface area is 182 Å². The summed E-state index contributed by atoms with van der Waals surface area (Å²) in [7, 11) is 0. The Morgan fingerprint density at radius 2 is 1.03 bits per heavy atom. The molecule has 2 aromatic heterocycles. The number of aromatic nitrogens is 4. The van der Waals surface area contributed by atoms with Gasteiger partial charge in [-0.3, -0.25) is 0 Å². The number of carboxylic acid groups (broad SMARTS) is 2. The minimum absolute atomic E-state index is 0.0509. The number of hydrogen-bond donors (Lipinski definition) is 2. The first kappa shape index (κ1) is 20.4. The first-order valence-corrected chi connectivity index (χ1v) is 9.43. The van der Waals surface area contributed by atoms with Crippen LogP contribution >= 0.6 is 0 Å². The van der Waals surface area contributed by atoms with Gasteiger partial charge in [-0.25, -0.2) is 14.2 Å². The lowest BCUT2D eigenvalue weighted by molar-refractivity contribution is -0.603. The van der Waals surface area contributed by atoms with Gasteiger partial charge in [0, 0.05) is 0 Å². The molecule has 0 unspecified atom stereocenters. The highest BCUT2D eigenvalue weighted by molar-refractivity contribution is 5.95. The molecule has 2 N–H and O–H groups in total. The highest BCUT2D eigenvalue weighted by Gasteiger charge is 2.31. The molecule has 0 bridgehead atoms. The molecule has 2 amide bonds. The van der Waals surface area contributed by atoms with Crippen molar-refractivity contribution in [2.75, 3.05) is 9.80 Å². The van der Waals surface area contributed by atoms with Crippen molar-refractivity contribution in [3.05, 3.63) is 91.3 Å². The molecule has 0 fully saturated rings. The van der Waals surface area contributed by atoms with Gasteiger partial charge in [0.15, 0.2) is 0 Å². The van der Waals surface area contributed by atoms with Crippen LogP contribution in [0.2, 0.25) is 0 Å². The van der Waals surface area contributed by atoms with E-state index in [4.69, 9.17) is 0 Å². The third kappa shape index (κ3) is 4.19. The number of para-hydroxylation sites is 2. The molecule has 0 saturated heterocycles. The van der Waals surface area contributed by atoms with Gasteiger partial charge in [-0.15, -0.1) is 4.98 Å². The maximum absolute atomic E-state index is 12.1. The van der Waals surface area contributed by atoms with Crippen LogP contribution in [0.25, 0.3) is 5.95 Å². The van der Waals surface area contributed by atoms with Gasteiger partial charge in [0.05, 0.1) is 23.8 Å². The lowest BCUT2D eigenvalue weighted by Gasteiger charge is -2.18. The molecule has 10 nitrogen and oxygen atoms in total. The molecule has 0 aliphatic heterocycles. The molecule has 4 aromatic rings. The number of pyridine rings is 1.